The molecule has 29 heavy (non-hydrogen) atoms. The van der Waals surface area contributed by atoms with Crippen LogP contribution in [-0.4, -0.2) is 36.3 Å². The van der Waals surface area contributed by atoms with E-state index < -0.39 is 6.09 Å². The molecule has 1 N–H and O–H groups in total. The molecule has 0 spiro atoms. The maximum atomic E-state index is 11.2. The highest BCUT2D eigenvalue weighted by atomic mass is 16.5. The van der Waals surface area contributed by atoms with E-state index in [2.05, 4.69) is 43.3 Å². The number of likely N-dealkylation sites (tertiary alicyclic amines) is 1. The summed E-state index contributed by atoms with van der Waals surface area (Å²) in [6, 6.07) is 13.4. The lowest BCUT2D eigenvalue weighted by atomic mass is 9.84. The van der Waals surface area contributed by atoms with Gasteiger partial charge in [0.05, 0.1) is 7.11 Å². The molecule has 2 aromatic carbocycles. The predicted molar refractivity (Wildman–Crippen MR) is 115 cm³/mol. The first kappa shape index (κ1) is 19.8. The fourth-order valence-corrected chi connectivity index (χ4v) is 5.28. The molecular weight excluding hydrogens is 362 g/mol. The van der Waals surface area contributed by atoms with Crippen LogP contribution < -0.4 is 4.74 Å². The van der Waals surface area contributed by atoms with E-state index in [4.69, 9.17) is 4.74 Å². The number of fused-ring (bicyclic) bond motifs is 1. The normalized spacial score (nSPS) is 19.2. The summed E-state index contributed by atoms with van der Waals surface area (Å²) in [5, 5.41) is 9.19. The second-order valence-electron chi connectivity index (χ2n) is 8.40. The molecule has 0 saturated carbocycles. The number of rotatable bonds is 5. The molecule has 1 amide bonds. The first-order valence-electron chi connectivity index (χ1n) is 10.9. The van der Waals surface area contributed by atoms with Gasteiger partial charge in [-0.15, -0.1) is 0 Å². The molecule has 154 valence electrons. The number of hydrogen-bond acceptors (Lipinski definition) is 2. The lowest BCUT2D eigenvalue weighted by Crippen LogP contribution is -2.37. The highest BCUT2D eigenvalue weighted by Gasteiger charge is 2.27. The van der Waals surface area contributed by atoms with Gasteiger partial charge in [-0.2, -0.15) is 0 Å². The van der Waals surface area contributed by atoms with E-state index in [0.29, 0.717) is 24.9 Å². The first-order chi connectivity index (χ1) is 14.1. The Balaban J connectivity index is 1.51. The van der Waals surface area contributed by atoms with Crippen LogP contribution in [0.1, 0.15) is 65.8 Å². The number of methoxy groups -OCH3 is 1. The van der Waals surface area contributed by atoms with Crippen molar-refractivity contribution in [3.8, 4) is 5.75 Å². The second kappa shape index (κ2) is 8.48. The van der Waals surface area contributed by atoms with Crippen molar-refractivity contribution in [3.05, 3.63) is 64.2 Å². The van der Waals surface area contributed by atoms with E-state index >= 15 is 0 Å². The third-order valence-corrected chi connectivity index (χ3v) is 6.82. The molecule has 2 aromatic rings. The fraction of sp³-hybridized carbons (Fsp3) is 0.480. The van der Waals surface area contributed by atoms with Crippen LogP contribution in [0.3, 0.4) is 0 Å². The Hall–Kier alpha value is -2.49. The number of nitrogens with zero attached hydrogens (tertiary/aromatic N) is 1. The molecule has 1 aliphatic carbocycles. The molecule has 0 aromatic heterocycles. The van der Waals surface area contributed by atoms with Gasteiger partial charge in [0, 0.05) is 18.7 Å². The zero-order valence-corrected chi connectivity index (χ0v) is 17.5. The van der Waals surface area contributed by atoms with E-state index in [1.165, 1.54) is 34.2 Å². The number of carbonyl (C=O) groups is 1. The van der Waals surface area contributed by atoms with Gasteiger partial charge in [0.25, 0.3) is 0 Å². The summed E-state index contributed by atoms with van der Waals surface area (Å²) in [4.78, 5) is 12.7. The molecular formula is C25H31NO3. The molecule has 1 fully saturated rings. The van der Waals surface area contributed by atoms with Gasteiger partial charge in [-0.1, -0.05) is 37.3 Å². The molecule has 1 heterocycles. The predicted octanol–water partition coefficient (Wildman–Crippen LogP) is 5.39. The molecule has 4 rings (SSSR count). The smallest absolute Gasteiger partial charge is 0.407 e. The van der Waals surface area contributed by atoms with E-state index in [1.807, 2.05) is 0 Å². The average Bonchev–Trinajstić information content (AvgIpc) is 3.16. The summed E-state index contributed by atoms with van der Waals surface area (Å²) in [6.45, 7) is 3.51. The lowest BCUT2D eigenvalue weighted by molar-refractivity contribution is 0.132. The Morgan fingerprint density at radius 3 is 2.66 bits per heavy atom. The minimum atomic E-state index is -0.790. The number of benzene rings is 2. The summed E-state index contributed by atoms with van der Waals surface area (Å²) in [5.74, 6) is 2.03. The maximum absolute atomic E-state index is 11.2. The highest BCUT2D eigenvalue weighted by molar-refractivity contribution is 5.65. The topological polar surface area (TPSA) is 49.8 Å². The fourth-order valence-electron chi connectivity index (χ4n) is 5.28. The van der Waals surface area contributed by atoms with Gasteiger partial charge in [-0.3, -0.25) is 0 Å². The summed E-state index contributed by atoms with van der Waals surface area (Å²) < 4.78 is 5.65. The van der Waals surface area contributed by atoms with Gasteiger partial charge in [-0.05, 0) is 78.7 Å². The minimum absolute atomic E-state index is 0.474. The van der Waals surface area contributed by atoms with E-state index in [0.717, 1.165) is 37.9 Å². The number of piperidine rings is 1. The summed E-state index contributed by atoms with van der Waals surface area (Å²) in [6.07, 6.45) is 5.45. The second-order valence-corrected chi connectivity index (χ2v) is 8.40. The van der Waals surface area contributed by atoms with Crippen molar-refractivity contribution in [2.75, 3.05) is 20.2 Å². The van der Waals surface area contributed by atoms with Crippen LogP contribution in [0, 0.1) is 0 Å². The third-order valence-electron chi connectivity index (χ3n) is 6.82. The SMILES string of the molecule is CCc1cc(CC2CCc3cccc(OC)c32)ccc1C1CCN(C(=O)O)CC1. The molecule has 2 aliphatic rings. The van der Waals surface area contributed by atoms with Crippen LogP contribution in [0.4, 0.5) is 4.79 Å². The maximum Gasteiger partial charge on any atom is 0.407 e. The van der Waals surface area contributed by atoms with Gasteiger partial charge in [-0.25, -0.2) is 4.79 Å². The molecule has 4 nitrogen and oxygen atoms in total. The van der Waals surface area contributed by atoms with Gasteiger partial charge in [0.15, 0.2) is 0 Å². The van der Waals surface area contributed by atoms with Gasteiger partial charge < -0.3 is 14.7 Å². The van der Waals surface area contributed by atoms with Crippen LogP contribution in [0.25, 0.3) is 0 Å². The Bertz CT molecular complexity index is 884. The van der Waals surface area contributed by atoms with Crippen molar-refractivity contribution >= 4 is 6.09 Å². The van der Waals surface area contributed by atoms with Crippen LogP contribution in [-0.2, 0) is 19.3 Å². The number of aryl methyl sites for hydroxylation is 2. The highest BCUT2D eigenvalue weighted by Crippen LogP contribution is 2.41. The monoisotopic (exact) mass is 393 g/mol. The third kappa shape index (κ3) is 3.98. The molecule has 1 aliphatic heterocycles. The Kier molecular flexibility index (Phi) is 5.79. The van der Waals surface area contributed by atoms with Crippen LogP contribution in [0.2, 0.25) is 0 Å². The molecule has 0 radical (unpaired) electrons. The zero-order chi connectivity index (χ0) is 20.4. The van der Waals surface area contributed by atoms with E-state index in [9.17, 15) is 9.90 Å². The van der Waals surface area contributed by atoms with E-state index in [1.54, 1.807) is 12.0 Å². The van der Waals surface area contributed by atoms with Crippen molar-refractivity contribution in [2.45, 2.75) is 57.3 Å². The number of amides is 1. The van der Waals surface area contributed by atoms with Crippen molar-refractivity contribution < 1.29 is 14.6 Å². The quantitative estimate of drug-likeness (QED) is 0.741. The van der Waals surface area contributed by atoms with Crippen LogP contribution in [0.15, 0.2) is 36.4 Å². The Morgan fingerprint density at radius 1 is 1.17 bits per heavy atom. The van der Waals surface area contributed by atoms with Gasteiger partial charge in [0.2, 0.25) is 0 Å². The van der Waals surface area contributed by atoms with Gasteiger partial charge >= 0.3 is 6.09 Å². The van der Waals surface area contributed by atoms with Gasteiger partial charge in [0.1, 0.15) is 5.75 Å². The van der Waals surface area contributed by atoms with Crippen molar-refractivity contribution in [1.29, 1.82) is 0 Å². The number of ether oxygens (including phenoxy) is 1. The largest absolute Gasteiger partial charge is 0.496 e. The van der Waals surface area contributed by atoms with Crippen molar-refractivity contribution in [1.82, 2.24) is 4.90 Å². The first-order valence-corrected chi connectivity index (χ1v) is 10.9. The molecule has 1 atom stereocenters. The number of hydrogen-bond donors (Lipinski definition) is 1. The average molecular weight is 394 g/mol. The zero-order valence-electron chi connectivity index (χ0n) is 17.5. The van der Waals surface area contributed by atoms with E-state index in [-0.39, 0.29) is 0 Å². The minimum Gasteiger partial charge on any atom is -0.496 e. The lowest BCUT2D eigenvalue weighted by Gasteiger charge is -2.31. The van der Waals surface area contributed by atoms with Crippen LogP contribution >= 0.6 is 0 Å². The van der Waals surface area contributed by atoms with Crippen LogP contribution in [0.5, 0.6) is 5.75 Å². The number of carboxylic acid groups (broad SMARTS) is 1. The molecule has 1 saturated heterocycles. The summed E-state index contributed by atoms with van der Waals surface area (Å²) in [5.41, 5.74) is 7.09. The Morgan fingerprint density at radius 2 is 1.97 bits per heavy atom. The molecule has 0 bridgehead atoms. The van der Waals surface area contributed by atoms with Crippen molar-refractivity contribution in [3.63, 3.8) is 0 Å². The molecule has 1 unspecified atom stereocenters. The standard InChI is InChI=1S/C25H31NO3/c1-3-18-15-17(7-10-22(18)19-11-13-26(14-12-19)25(27)28)16-21-9-8-20-5-4-6-23(29-2)24(20)21/h4-7,10,15,19,21H,3,8-9,11-14,16H2,1-2H3,(H,27,28). The van der Waals surface area contributed by atoms with Crippen molar-refractivity contribution in [2.24, 2.45) is 0 Å². The Labute approximate surface area is 173 Å². The molecule has 4 heteroatoms. The summed E-state index contributed by atoms with van der Waals surface area (Å²) in [7, 11) is 1.77. The summed E-state index contributed by atoms with van der Waals surface area (Å²) >= 11 is 0.